The number of halogens is 3. The van der Waals surface area contributed by atoms with Gasteiger partial charge in [-0.2, -0.15) is 18.3 Å². The summed E-state index contributed by atoms with van der Waals surface area (Å²) in [5.74, 6) is 0.596. The Bertz CT molecular complexity index is 854. The Hall–Kier alpha value is -3.23. The number of hydrazone groups is 1. The summed E-state index contributed by atoms with van der Waals surface area (Å²) in [7, 11) is 0. The molecule has 0 atom stereocenters. The average molecular weight is 424 g/mol. The van der Waals surface area contributed by atoms with E-state index in [-0.39, 0.29) is 5.56 Å². The van der Waals surface area contributed by atoms with Gasteiger partial charge in [0.2, 0.25) is 5.75 Å². The second kappa shape index (κ2) is 10.5. The van der Waals surface area contributed by atoms with Crippen LogP contribution in [-0.2, 0) is 6.18 Å². The van der Waals surface area contributed by atoms with Crippen LogP contribution in [0.4, 0.5) is 13.2 Å². The summed E-state index contributed by atoms with van der Waals surface area (Å²) in [4.78, 5) is 12.5. The molecule has 0 fully saturated rings. The van der Waals surface area contributed by atoms with Gasteiger partial charge >= 0.3 is 6.18 Å². The lowest BCUT2D eigenvalue weighted by molar-refractivity contribution is -0.137. The number of amides is 1. The number of carbonyl (C=O) groups is 1. The zero-order valence-corrected chi connectivity index (χ0v) is 16.9. The third kappa shape index (κ3) is 6.13. The smallest absolute Gasteiger partial charge is 0.416 e. The monoisotopic (exact) mass is 424 g/mol. The first kappa shape index (κ1) is 23.1. The van der Waals surface area contributed by atoms with Gasteiger partial charge in [0.25, 0.3) is 5.91 Å². The maximum atomic E-state index is 12.6. The molecular formula is C21H23F3N2O4. The predicted molar refractivity (Wildman–Crippen MR) is 106 cm³/mol. The third-order valence-electron chi connectivity index (χ3n) is 3.79. The number of carbonyl (C=O) groups excluding carboxylic acids is 1. The molecule has 0 saturated heterocycles. The zero-order chi connectivity index (χ0) is 22.1. The fourth-order valence-corrected chi connectivity index (χ4v) is 2.51. The van der Waals surface area contributed by atoms with Crippen LogP contribution in [0.15, 0.2) is 41.5 Å². The van der Waals surface area contributed by atoms with E-state index < -0.39 is 17.6 Å². The molecule has 30 heavy (non-hydrogen) atoms. The molecule has 2 aromatic rings. The third-order valence-corrected chi connectivity index (χ3v) is 3.79. The van der Waals surface area contributed by atoms with Crippen LogP contribution in [0.2, 0.25) is 0 Å². The molecule has 0 aliphatic heterocycles. The molecule has 0 heterocycles. The summed E-state index contributed by atoms with van der Waals surface area (Å²) in [5, 5.41) is 3.80. The topological polar surface area (TPSA) is 69.2 Å². The Morgan fingerprint density at radius 2 is 1.50 bits per heavy atom. The fraction of sp³-hybridized carbons (Fsp3) is 0.333. The Balaban J connectivity index is 2.18. The molecule has 0 radical (unpaired) electrons. The van der Waals surface area contributed by atoms with Crippen molar-refractivity contribution in [2.75, 3.05) is 19.8 Å². The molecule has 162 valence electrons. The van der Waals surface area contributed by atoms with Crippen molar-refractivity contribution in [3.8, 4) is 17.2 Å². The molecule has 6 nitrogen and oxygen atoms in total. The second-order valence-corrected chi connectivity index (χ2v) is 5.92. The summed E-state index contributed by atoms with van der Waals surface area (Å²) in [6.07, 6.45) is -3.16. The molecule has 0 saturated carbocycles. The highest BCUT2D eigenvalue weighted by atomic mass is 19.4. The van der Waals surface area contributed by atoms with Gasteiger partial charge in [0.15, 0.2) is 11.5 Å². The van der Waals surface area contributed by atoms with E-state index in [4.69, 9.17) is 14.2 Å². The van der Waals surface area contributed by atoms with Crippen molar-refractivity contribution in [3.63, 3.8) is 0 Å². The molecule has 0 unspecified atom stereocenters. The Kier molecular flexibility index (Phi) is 8.08. The number of nitrogens with one attached hydrogen (secondary N) is 1. The van der Waals surface area contributed by atoms with Crippen molar-refractivity contribution in [1.29, 1.82) is 0 Å². The minimum Gasteiger partial charge on any atom is -0.490 e. The lowest BCUT2D eigenvalue weighted by atomic mass is 10.1. The Labute approximate surface area is 172 Å². The molecule has 2 rings (SSSR count). The molecule has 0 spiro atoms. The van der Waals surface area contributed by atoms with Gasteiger partial charge < -0.3 is 14.2 Å². The van der Waals surface area contributed by atoms with E-state index in [0.717, 1.165) is 12.1 Å². The van der Waals surface area contributed by atoms with Crippen LogP contribution in [0.25, 0.3) is 0 Å². The number of hydrogen-bond donors (Lipinski definition) is 1. The van der Waals surface area contributed by atoms with E-state index in [0.29, 0.717) is 42.6 Å². The molecule has 1 N–H and O–H groups in total. The lowest BCUT2D eigenvalue weighted by Crippen LogP contribution is -2.18. The SMILES string of the molecule is CCOc1cc(C(=O)N/N=C\c2ccc(C(F)(F)F)cc2)cc(OCC)c1OCC. The number of ether oxygens (including phenoxy) is 3. The van der Waals surface area contributed by atoms with E-state index in [1.165, 1.54) is 30.5 Å². The standard InChI is InChI=1S/C21H23F3N2O4/c1-4-28-17-11-15(12-18(29-5-2)19(17)30-6-3)20(27)26-25-13-14-7-9-16(10-8-14)21(22,23)24/h7-13H,4-6H2,1-3H3,(H,26,27)/b25-13-. The normalized spacial score (nSPS) is 11.4. The van der Waals surface area contributed by atoms with E-state index >= 15 is 0 Å². The summed E-state index contributed by atoms with van der Waals surface area (Å²) < 4.78 is 54.5. The number of nitrogens with zero attached hydrogens (tertiary/aromatic N) is 1. The highest BCUT2D eigenvalue weighted by Gasteiger charge is 2.29. The van der Waals surface area contributed by atoms with Crippen molar-refractivity contribution < 1.29 is 32.2 Å². The van der Waals surface area contributed by atoms with E-state index in [1.54, 1.807) is 13.8 Å². The van der Waals surface area contributed by atoms with Crippen LogP contribution in [0.5, 0.6) is 17.2 Å². The highest BCUT2D eigenvalue weighted by molar-refractivity contribution is 5.96. The minimum absolute atomic E-state index is 0.231. The second-order valence-electron chi connectivity index (χ2n) is 5.92. The van der Waals surface area contributed by atoms with Crippen LogP contribution < -0.4 is 19.6 Å². The number of hydrogen-bond acceptors (Lipinski definition) is 5. The first-order chi connectivity index (χ1) is 14.3. The predicted octanol–water partition coefficient (Wildman–Crippen LogP) is 4.67. The number of alkyl halides is 3. The molecule has 9 heteroatoms. The van der Waals surface area contributed by atoms with Gasteiger partial charge in [0.1, 0.15) is 0 Å². The molecule has 0 aliphatic carbocycles. The van der Waals surface area contributed by atoms with E-state index in [1.807, 2.05) is 6.92 Å². The van der Waals surface area contributed by atoms with E-state index in [2.05, 4.69) is 10.5 Å². The van der Waals surface area contributed by atoms with Gasteiger partial charge in [-0.25, -0.2) is 5.43 Å². The molecule has 0 aromatic heterocycles. The van der Waals surface area contributed by atoms with Gasteiger partial charge in [-0.05, 0) is 50.6 Å². The summed E-state index contributed by atoms with van der Waals surface area (Å²) in [6, 6.07) is 7.43. The Morgan fingerprint density at radius 3 is 1.97 bits per heavy atom. The summed E-state index contributed by atoms with van der Waals surface area (Å²) in [5.41, 5.74) is 2.21. The van der Waals surface area contributed by atoms with Crippen molar-refractivity contribution in [2.45, 2.75) is 26.9 Å². The molecule has 0 aliphatic rings. The summed E-state index contributed by atoms with van der Waals surface area (Å²) in [6.45, 7) is 6.55. The van der Waals surface area contributed by atoms with Gasteiger partial charge in [-0.15, -0.1) is 0 Å². The molecule has 1 amide bonds. The van der Waals surface area contributed by atoms with Crippen molar-refractivity contribution in [1.82, 2.24) is 5.43 Å². The molecule has 2 aromatic carbocycles. The van der Waals surface area contributed by atoms with Gasteiger partial charge in [-0.3, -0.25) is 4.79 Å². The van der Waals surface area contributed by atoms with Crippen LogP contribution in [0.3, 0.4) is 0 Å². The van der Waals surface area contributed by atoms with E-state index in [9.17, 15) is 18.0 Å². The van der Waals surface area contributed by atoms with Crippen LogP contribution in [0, 0.1) is 0 Å². The van der Waals surface area contributed by atoms with Gasteiger partial charge in [0.05, 0.1) is 31.6 Å². The first-order valence-corrected chi connectivity index (χ1v) is 9.37. The summed E-state index contributed by atoms with van der Waals surface area (Å²) >= 11 is 0. The van der Waals surface area contributed by atoms with Gasteiger partial charge in [-0.1, -0.05) is 12.1 Å². The van der Waals surface area contributed by atoms with Crippen LogP contribution in [-0.4, -0.2) is 31.9 Å². The first-order valence-electron chi connectivity index (χ1n) is 9.37. The van der Waals surface area contributed by atoms with Crippen molar-refractivity contribution >= 4 is 12.1 Å². The molecular weight excluding hydrogens is 401 g/mol. The minimum atomic E-state index is -4.41. The fourth-order valence-electron chi connectivity index (χ4n) is 2.51. The number of rotatable bonds is 9. The maximum absolute atomic E-state index is 12.6. The lowest BCUT2D eigenvalue weighted by Gasteiger charge is -2.16. The quantitative estimate of drug-likeness (QED) is 0.469. The zero-order valence-electron chi connectivity index (χ0n) is 16.9. The number of benzene rings is 2. The largest absolute Gasteiger partial charge is 0.490 e. The maximum Gasteiger partial charge on any atom is 0.416 e. The van der Waals surface area contributed by atoms with Crippen molar-refractivity contribution in [2.24, 2.45) is 5.10 Å². The highest BCUT2D eigenvalue weighted by Crippen LogP contribution is 2.39. The van der Waals surface area contributed by atoms with Crippen LogP contribution in [0.1, 0.15) is 42.3 Å². The van der Waals surface area contributed by atoms with Crippen LogP contribution >= 0.6 is 0 Å². The Morgan fingerprint density at radius 1 is 0.967 bits per heavy atom. The average Bonchev–Trinajstić information content (AvgIpc) is 2.70. The van der Waals surface area contributed by atoms with Crippen molar-refractivity contribution in [3.05, 3.63) is 53.1 Å². The van der Waals surface area contributed by atoms with Gasteiger partial charge in [0, 0.05) is 5.56 Å². The molecule has 0 bridgehead atoms.